The van der Waals surface area contributed by atoms with Crippen LogP contribution in [0.5, 0.6) is 5.75 Å². The lowest BCUT2D eigenvalue weighted by molar-refractivity contribution is -0.105. The van der Waals surface area contributed by atoms with Crippen molar-refractivity contribution in [3.8, 4) is 5.75 Å². The Morgan fingerprint density at radius 3 is 2.42 bits per heavy atom. The van der Waals surface area contributed by atoms with E-state index in [4.69, 9.17) is 9.16 Å². The molecule has 3 aliphatic heterocycles. The molecule has 7 nitrogen and oxygen atoms in total. The van der Waals surface area contributed by atoms with Crippen LogP contribution in [0.1, 0.15) is 102 Å². The predicted octanol–water partition coefficient (Wildman–Crippen LogP) is 8.28. The Kier molecular flexibility index (Phi) is 7.93. The summed E-state index contributed by atoms with van der Waals surface area (Å²) in [6.45, 7) is 21.1. The third-order valence-corrected chi connectivity index (χ3v) is 18.8. The minimum Gasteiger partial charge on any atom is -0.543 e. The predicted molar refractivity (Wildman–Crippen MR) is 200 cm³/mol. The SMILES string of the molecule is CC(C)(C)OC(=O)N1CCC[C@H]1CN1CCC23c4cc(O[Si](C)(C)C(C)(C)C)ccc4CC1C21CCC2C3[C@@H](CN2C(=O)c2ccccc2)C1. The number of piperidine rings is 1. The number of hydrogen-bond donors (Lipinski definition) is 0. The van der Waals surface area contributed by atoms with E-state index in [1.807, 2.05) is 56.0 Å². The van der Waals surface area contributed by atoms with Crippen LogP contribution in [0.3, 0.4) is 0 Å². The molecule has 3 heterocycles. The summed E-state index contributed by atoms with van der Waals surface area (Å²) in [5, 5.41) is 0.119. The van der Waals surface area contributed by atoms with Gasteiger partial charge in [-0.1, -0.05) is 45.0 Å². The van der Waals surface area contributed by atoms with Crippen molar-refractivity contribution in [3.05, 3.63) is 65.2 Å². The third kappa shape index (κ3) is 5.12. The van der Waals surface area contributed by atoms with E-state index in [0.717, 1.165) is 76.0 Å². The Labute approximate surface area is 301 Å². The van der Waals surface area contributed by atoms with Gasteiger partial charge in [0, 0.05) is 48.7 Å². The maximum Gasteiger partial charge on any atom is 0.410 e. The molecule has 4 bridgehead atoms. The van der Waals surface area contributed by atoms with Crippen LogP contribution in [0, 0.1) is 17.3 Å². The number of hydrogen-bond acceptors (Lipinski definition) is 5. The van der Waals surface area contributed by atoms with Crippen LogP contribution in [0.4, 0.5) is 4.79 Å². The highest BCUT2D eigenvalue weighted by Crippen LogP contribution is 2.75. The lowest BCUT2D eigenvalue weighted by Crippen LogP contribution is -2.70. The van der Waals surface area contributed by atoms with Gasteiger partial charge in [-0.3, -0.25) is 9.69 Å². The standard InChI is InChI=1S/C42H59N3O4Si/c1-39(2,3)48-38(47)44-21-12-15-31(44)27-43-22-20-42-33-24-32(49-50(7,8)40(4,5)6)17-16-29(33)23-35(43)41(42)19-18-34-36(42)30(25-41)26-45(34)37(46)28-13-10-9-11-14-28/h9-11,13-14,16-17,24,30-31,34-36H,12,15,18-23,25-27H2,1-8H3/t30-,31+,34?,35?,36?,41?,42?/m1/s1. The first-order chi connectivity index (χ1) is 23.5. The fourth-order valence-electron chi connectivity index (χ4n) is 11.7. The number of likely N-dealkylation sites (tertiary alicyclic amines) is 3. The molecule has 8 rings (SSSR count). The first-order valence-electron chi connectivity index (χ1n) is 19.5. The zero-order chi connectivity index (χ0) is 35.4. The van der Waals surface area contributed by atoms with Gasteiger partial charge in [0.25, 0.3) is 5.91 Å². The summed E-state index contributed by atoms with van der Waals surface area (Å²) in [4.78, 5) is 34.6. The summed E-state index contributed by atoms with van der Waals surface area (Å²) < 4.78 is 12.9. The van der Waals surface area contributed by atoms with Gasteiger partial charge in [-0.05, 0) is 143 Å². The number of carbonyl (C=O) groups excluding carboxylic acids is 2. The average molecular weight is 698 g/mol. The molecule has 8 heteroatoms. The molecule has 2 saturated carbocycles. The Balaban J connectivity index is 1.17. The van der Waals surface area contributed by atoms with Gasteiger partial charge < -0.3 is 19.0 Å². The van der Waals surface area contributed by atoms with Crippen molar-refractivity contribution in [2.45, 2.75) is 134 Å². The normalized spacial score (nSPS) is 33.2. The van der Waals surface area contributed by atoms with Gasteiger partial charge in [-0.25, -0.2) is 4.79 Å². The van der Waals surface area contributed by atoms with Gasteiger partial charge in [0.1, 0.15) is 11.4 Å². The van der Waals surface area contributed by atoms with Crippen LogP contribution in [0.25, 0.3) is 0 Å². The van der Waals surface area contributed by atoms with Crippen LogP contribution in [0.2, 0.25) is 18.1 Å². The first-order valence-corrected chi connectivity index (χ1v) is 22.4. The van der Waals surface area contributed by atoms with Gasteiger partial charge in [0.15, 0.2) is 0 Å². The van der Waals surface area contributed by atoms with Crippen molar-refractivity contribution >= 4 is 20.3 Å². The van der Waals surface area contributed by atoms with Crippen LogP contribution in [0.15, 0.2) is 48.5 Å². The number of ether oxygens (including phenoxy) is 1. The molecule has 50 heavy (non-hydrogen) atoms. The molecule has 0 spiro atoms. The smallest absolute Gasteiger partial charge is 0.410 e. The largest absolute Gasteiger partial charge is 0.543 e. The molecular formula is C42H59N3O4Si. The van der Waals surface area contributed by atoms with Crippen molar-refractivity contribution in [1.29, 1.82) is 0 Å². The quantitative estimate of drug-likeness (QED) is 0.295. The molecule has 2 amide bonds. The van der Waals surface area contributed by atoms with E-state index in [-0.39, 0.29) is 40.0 Å². The van der Waals surface area contributed by atoms with Gasteiger partial charge >= 0.3 is 6.09 Å². The van der Waals surface area contributed by atoms with Crippen molar-refractivity contribution in [1.82, 2.24) is 14.7 Å². The van der Waals surface area contributed by atoms with Crippen LogP contribution in [-0.4, -0.2) is 84.9 Å². The Hall–Kier alpha value is -2.84. The molecule has 0 aromatic heterocycles. The zero-order valence-corrected chi connectivity index (χ0v) is 32.8. The average Bonchev–Trinajstić information content (AvgIpc) is 3.70. The highest BCUT2D eigenvalue weighted by Gasteiger charge is 2.76. The molecule has 7 atom stereocenters. The minimum atomic E-state index is -2.03. The summed E-state index contributed by atoms with van der Waals surface area (Å²) in [5.41, 5.74) is 3.51. The summed E-state index contributed by atoms with van der Waals surface area (Å²) in [6, 6.07) is 18.0. The first kappa shape index (κ1) is 34.3. The highest BCUT2D eigenvalue weighted by molar-refractivity contribution is 6.74. The molecule has 6 aliphatic rings. The van der Waals surface area contributed by atoms with Crippen LogP contribution in [-0.2, 0) is 16.6 Å². The van der Waals surface area contributed by atoms with Crippen molar-refractivity contribution in [2.75, 3.05) is 26.2 Å². The van der Waals surface area contributed by atoms with Gasteiger partial charge in [-0.15, -0.1) is 0 Å². The lowest BCUT2D eigenvalue weighted by Gasteiger charge is -2.66. The van der Waals surface area contributed by atoms with Gasteiger partial charge in [0.2, 0.25) is 8.32 Å². The molecule has 3 aliphatic carbocycles. The van der Waals surface area contributed by atoms with Crippen LogP contribution < -0.4 is 4.43 Å². The molecule has 2 aromatic rings. The number of nitrogens with zero attached hydrogens (tertiary/aromatic N) is 3. The van der Waals surface area contributed by atoms with E-state index in [0.29, 0.717) is 17.9 Å². The van der Waals surface area contributed by atoms with E-state index in [1.54, 1.807) is 0 Å². The van der Waals surface area contributed by atoms with Crippen molar-refractivity contribution in [2.24, 2.45) is 17.3 Å². The Bertz CT molecular complexity index is 1660. The topological polar surface area (TPSA) is 62.3 Å². The summed E-state index contributed by atoms with van der Waals surface area (Å²) in [5.74, 6) is 2.20. The number of rotatable bonds is 5. The Morgan fingerprint density at radius 2 is 1.70 bits per heavy atom. The summed E-state index contributed by atoms with van der Waals surface area (Å²) in [7, 11) is -2.03. The van der Waals surface area contributed by atoms with Gasteiger partial charge in [0.05, 0.1) is 0 Å². The summed E-state index contributed by atoms with van der Waals surface area (Å²) >= 11 is 0. The lowest BCUT2D eigenvalue weighted by atomic mass is 9.43. The van der Waals surface area contributed by atoms with E-state index in [1.165, 1.54) is 17.5 Å². The minimum absolute atomic E-state index is 0.0222. The molecule has 5 unspecified atom stereocenters. The monoisotopic (exact) mass is 697 g/mol. The molecule has 3 saturated heterocycles. The molecule has 0 N–H and O–H groups in total. The van der Waals surface area contributed by atoms with Crippen molar-refractivity contribution in [3.63, 3.8) is 0 Å². The van der Waals surface area contributed by atoms with E-state index in [9.17, 15) is 9.59 Å². The molecule has 5 fully saturated rings. The highest BCUT2D eigenvalue weighted by atomic mass is 28.4. The molecule has 0 radical (unpaired) electrons. The number of amides is 2. The van der Waals surface area contributed by atoms with Crippen LogP contribution >= 0.6 is 0 Å². The molecular weight excluding hydrogens is 639 g/mol. The number of fused-ring (bicyclic) bond motifs is 1. The van der Waals surface area contributed by atoms with E-state index in [2.05, 4.69) is 61.9 Å². The second-order valence-electron chi connectivity index (χ2n) is 19.2. The zero-order valence-electron chi connectivity index (χ0n) is 31.8. The second-order valence-corrected chi connectivity index (χ2v) is 23.9. The second kappa shape index (κ2) is 11.6. The van der Waals surface area contributed by atoms with Crippen molar-refractivity contribution < 1.29 is 18.8 Å². The maximum absolute atomic E-state index is 14.1. The fourth-order valence-corrected chi connectivity index (χ4v) is 12.7. The number of carbonyl (C=O) groups is 2. The third-order valence-electron chi connectivity index (χ3n) is 14.5. The fraction of sp³-hybridized carbons (Fsp3) is 0.667. The van der Waals surface area contributed by atoms with E-state index < -0.39 is 13.9 Å². The Morgan fingerprint density at radius 1 is 0.940 bits per heavy atom. The van der Waals surface area contributed by atoms with E-state index >= 15 is 0 Å². The molecule has 2 aromatic carbocycles. The maximum atomic E-state index is 14.1. The summed E-state index contributed by atoms with van der Waals surface area (Å²) in [6.07, 6.45) is 7.47. The van der Waals surface area contributed by atoms with Gasteiger partial charge in [-0.2, -0.15) is 0 Å². The molecule has 270 valence electrons. The number of benzene rings is 2.